The molecular formula is C8H10O2. The molecule has 1 aliphatic rings. The Morgan fingerprint density at radius 1 is 1.80 bits per heavy atom. The van der Waals surface area contributed by atoms with E-state index >= 15 is 0 Å². The summed E-state index contributed by atoms with van der Waals surface area (Å²) in [6.45, 7) is 3.68. The summed E-state index contributed by atoms with van der Waals surface area (Å²) >= 11 is 0. The maximum Gasteiger partial charge on any atom is 0.314 e. The lowest BCUT2D eigenvalue weighted by molar-refractivity contribution is -0.139. The van der Waals surface area contributed by atoms with E-state index in [1.807, 2.05) is 6.08 Å². The fourth-order valence-corrected chi connectivity index (χ4v) is 1.05. The van der Waals surface area contributed by atoms with Crippen molar-refractivity contribution < 1.29 is 9.90 Å². The van der Waals surface area contributed by atoms with E-state index in [1.54, 1.807) is 6.08 Å². The number of carboxylic acids is 1. The molecule has 2 nitrogen and oxygen atoms in total. The van der Waals surface area contributed by atoms with Crippen molar-refractivity contribution in [3.8, 4) is 0 Å². The highest BCUT2D eigenvalue weighted by Crippen LogP contribution is 2.21. The number of rotatable bonds is 1. The number of carbonyl (C=O) groups is 1. The highest BCUT2D eigenvalue weighted by molar-refractivity contribution is 5.76. The van der Waals surface area contributed by atoms with Crippen LogP contribution in [0.2, 0.25) is 0 Å². The van der Waals surface area contributed by atoms with Crippen LogP contribution in [0.5, 0.6) is 0 Å². The molecule has 1 atom stereocenters. The minimum Gasteiger partial charge on any atom is -0.481 e. The van der Waals surface area contributed by atoms with Gasteiger partial charge in [0.2, 0.25) is 0 Å². The molecule has 10 heavy (non-hydrogen) atoms. The van der Waals surface area contributed by atoms with Gasteiger partial charge in [0.15, 0.2) is 0 Å². The van der Waals surface area contributed by atoms with E-state index in [2.05, 4.69) is 6.58 Å². The molecule has 0 bridgehead atoms. The molecule has 2 heteroatoms. The highest BCUT2D eigenvalue weighted by atomic mass is 16.4. The zero-order valence-electron chi connectivity index (χ0n) is 5.71. The zero-order chi connectivity index (χ0) is 7.56. The van der Waals surface area contributed by atoms with Gasteiger partial charge < -0.3 is 5.11 Å². The first-order valence-corrected chi connectivity index (χ1v) is 3.29. The van der Waals surface area contributed by atoms with Crippen molar-refractivity contribution in [1.82, 2.24) is 0 Å². The Kier molecular flexibility index (Phi) is 1.90. The number of hydrogen-bond donors (Lipinski definition) is 1. The Balaban J connectivity index is 2.73. The molecule has 1 aliphatic carbocycles. The van der Waals surface area contributed by atoms with Crippen molar-refractivity contribution in [3.05, 3.63) is 24.3 Å². The molecule has 0 aliphatic heterocycles. The van der Waals surface area contributed by atoms with Crippen molar-refractivity contribution >= 4 is 5.97 Å². The lowest BCUT2D eigenvalue weighted by Crippen LogP contribution is -2.15. The monoisotopic (exact) mass is 138 g/mol. The van der Waals surface area contributed by atoms with Gasteiger partial charge in [0.05, 0.1) is 5.92 Å². The van der Waals surface area contributed by atoms with Crippen LogP contribution in [-0.2, 0) is 4.79 Å². The fraction of sp³-hybridized carbons (Fsp3) is 0.375. The Bertz CT molecular complexity index is 191. The van der Waals surface area contributed by atoms with Crippen molar-refractivity contribution in [1.29, 1.82) is 0 Å². The first kappa shape index (κ1) is 7.06. The molecule has 0 amide bonds. The van der Waals surface area contributed by atoms with Crippen molar-refractivity contribution in [2.24, 2.45) is 5.92 Å². The van der Waals surface area contributed by atoms with Crippen LogP contribution in [-0.4, -0.2) is 11.1 Å². The molecular weight excluding hydrogens is 128 g/mol. The molecule has 0 saturated heterocycles. The first-order valence-electron chi connectivity index (χ1n) is 3.29. The SMILES string of the molecule is C=C1CCC=CC1C(=O)O. The van der Waals surface area contributed by atoms with Gasteiger partial charge in [-0.05, 0) is 12.8 Å². The summed E-state index contributed by atoms with van der Waals surface area (Å²) in [6.07, 6.45) is 5.34. The van der Waals surface area contributed by atoms with Crippen LogP contribution in [0.25, 0.3) is 0 Å². The van der Waals surface area contributed by atoms with Gasteiger partial charge in [-0.1, -0.05) is 24.3 Å². The van der Waals surface area contributed by atoms with Gasteiger partial charge in [0.1, 0.15) is 0 Å². The van der Waals surface area contributed by atoms with Gasteiger partial charge in [-0.2, -0.15) is 0 Å². The van der Waals surface area contributed by atoms with E-state index in [4.69, 9.17) is 5.11 Å². The quantitative estimate of drug-likeness (QED) is 0.559. The average molecular weight is 138 g/mol. The van der Waals surface area contributed by atoms with E-state index in [1.165, 1.54) is 0 Å². The molecule has 1 unspecified atom stereocenters. The van der Waals surface area contributed by atoms with Crippen LogP contribution in [0.3, 0.4) is 0 Å². The zero-order valence-corrected chi connectivity index (χ0v) is 5.71. The standard InChI is InChI=1S/C8H10O2/c1-6-4-2-3-5-7(6)8(9)10/h3,5,7H,1-2,4H2,(H,9,10). The summed E-state index contributed by atoms with van der Waals surface area (Å²) < 4.78 is 0. The molecule has 0 radical (unpaired) electrons. The van der Waals surface area contributed by atoms with Crippen LogP contribution < -0.4 is 0 Å². The fourth-order valence-electron chi connectivity index (χ4n) is 1.05. The molecule has 0 aromatic rings. The summed E-state index contributed by atoms with van der Waals surface area (Å²) in [5, 5.41) is 8.60. The molecule has 0 saturated carbocycles. The highest BCUT2D eigenvalue weighted by Gasteiger charge is 2.18. The third-order valence-electron chi connectivity index (χ3n) is 1.67. The average Bonchev–Trinajstić information content (AvgIpc) is 1.88. The summed E-state index contributed by atoms with van der Waals surface area (Å²) in [4.78, 5) is 10.5. The number of allylic oxidation sites excluding steroid dienone is 1. The molecule has 1 N–H and O–H groups in total. The second-order valence-corrected chi connectivity index (χ2v) is 2.44. The normalized spacial score (nSPS) is 24.8. The Hall–Kier alpha value is -1.05. The maximum absolute atomic E-state index is 10.5. The molecule has 1 rings (SSSR count). The Morgan fingerprint density at radius 2 is 2.50 bits per heavy atom. The van der Waals surface area contributed by atoms with Crippen molar-refractivity contribution in [3.63, 3.8) is 0 Å². The van der Waals surface area contributed by atoms with Crippen LogP contribution in [0.4, 0.5) is 0 Å². The largest absolute Gasteiger partial charge is 0.481 e. The van der Waals surface area contributed by atoms with Gasteiger partial charge in [-0.15, -0.1) is 0 Å². The second-order valence-electron chi connectivity index (χ2n) is 2.44. The molecule has 0 aromatic carbocycles. The van der Waals surface area contributed by atoms with E-state index < -0.39 is 11.9 Å². The van der Waals surface area contributed by atoms with Gasteiger partial charge in [-0.3, -0.25) is 4.79 Å². The maximum atomic E-state index is 10.5. The van der Waals surface area contributed by atoms with E-state index in [0.29, 0.717) is 0 Å². The predicted octanol–water partition coefficient (Wildman–Crippen LogP) is 1.59. The van der Waals surface area contributed by atoms with Gasteiger partial charge in [0, 0.05) is 0 Å². The smallest absolute Gasteiger partial charge is 0.314 e. The number of aliphatic carboxylic acids is 1. The molecule has 0 heterocycles. The minimum absolute atomic E-state index is 0.436. The Morgan fingerprint density at radius 3 is 2.90 bits per heavy atom. The van der Waals surface area contributed by atoms with E-state index in [-0.39, 0.29) is 0 Å². The molecule has 0 fully saturated rings. The van der Waals surface area contributed by atoms with Crippen LogP contribution in [0.15, 0.2) is 24.3 Å². The third kappa shape index (κ3) is 1.26. The minimum atomic E-state index is -0.791. The van der Waals surface area contributed by atoms with E-state index in [0.717, 1.165) is 18.4 Å². The summed E-state index contributed by atoms with van der Waals surface area (Å²) in [5.41, 5.74) is 0.815. The first-order chi connectivity index (χ1) is 4.72. The summed E-state index contributed by atoms with van der Waals surface area (Å²) in [6, 6.07) is 0. The lowest BCUT2D eigenvalue weighted by Gasteiger charge is -2.14. The van der Waals surface area contributed by atoms with Crippen LogP contribution in [0, 0.1) is 5.92 Å². The van der Waals surface area contributed by atoms with Gasteiger partial charge >= 0.3 is 5.97 Å². The van der Waals surface area contributed by atoms with Crippen molar-refractivity contribution in [2.75, 3.05) is 0 Å². The van der Waals surface area contributed by atoms with E-state index in [9.17, 15) is 4.79 Å². The number of hydrogen-bond acceptors (Lipinski definition) is 1. The summed E-state index contributed by atoms with van der Waals surface area (Å²) in [5.74, 6) is -1.23. The number of carboxylic acid groups (broad SMARTS) is 1. The molecule has 54 valence electrons. The topological polar surface area (TPSA) is 37.3 Å². The van der Waals surface area contributed by atoms with Crippen LogP contribution in [0.1, 0.15) is 12.8 Å². The van der Waals surface area contributed by atoms with Gasteiger partial charge in [0.25, 0.3) is 0 Å². The third-order valence-corrected chi connectivity index (χ3v) is 1.67. The van der Waals surface area contributed by atoms with Crippen molar-refractivity contribution in [2.45, 2.75) is 12.8 Å². The van der Waals surface area contributed by atoms with Gasteiger partial charge in [-0.25, -0.2) is 0 Å². The molecule has 0 aromatic heterocycles. The van der Waals surface area contributed by atoms with Crippen LogP contribution >= 0.6 is 0 Å². The second kappa shape index (κ2) is 2.69. The predicted molar refractivity (Wildman–Crippen MR) is 38.6 cm³/mol. The Labute approximate surface area is 59.9 Å². The molecule has 0 spiro atoms. The summed E-state index contributed by atoms with van der Waals surface area (Å²) in [7, 11) is 0. The lowest BCUT2D eigenvalue weighted by atomic mass is 9.91.